The van der Waals surface area contributed by atoms with Crippen LogP contribution in [0.1, 0.15) is 17.3 Å². The van der Waals surface area contributed by atoms with Crippen LogP contribution < -0.4 is 4.74 Å². The number of esters is 2. The summed E-state index contributed by atoms with van der Waals surface area (Å²) in [5, 5.41) is 10.6. The first kappa shape index (κ1) is 16.3. The predicted molar refractivity (Wildman–Crippen MR) is 66.5 cm³/mol. The summed E-state index contributed by atoms with van der Waals surface area (Å²) in [7, 11) is 1.07. The van der Waals surface area contributed by atoms with Crippen molar-refractivity contribution in [2.75, 3.05) is 20.3 Å². The lowest BCUT2D eigenvalue weighted by Gasteiger charge is -2.10. The highest BCUT2D eigenvalue weighted by Crippen LogP contribution is 2.28. The fourth-order valence-corrected chi connectivity index (χ4v) is 1.41. The van der Waals surface area contributed by atoms with Crippen molar-refractivity contribution in [2.24, 2.45) is 0 Å². The lowest BCUT2D eigenvalue weighted by atomic mass is 10.1. The number of nitrogens with zero attached hydrogens (tertiary/aromatic N) is 1. The van der Waals surface area contributed by atoms with Gasteiger partial charge in [0.2, 0.25) is 5.82 Å². The Balaban J connectivity index is 3.00. The third-order valence-corrected chi connectivity index (χ3v) is 2.30. The summed E-state index contributed by atoms with van der Waals surface area (Å²) in [5.41, 5.74) is -1.17. The molecule has 0 aliphatic rings. The maximum absolute atomic E-state index is 13.5. The van der Waals surface area contributed by atoms with E-state index < -0.39 is 28.4 Å². The molecule has 21 heavy (non-hydrogen) atoms. The molecule has 0 saturated heterocycles. The summed E-state index contributed by atoms with van der Waals surface area (Å²) >= 11 is 0. The van der Waals surface area contributed by atoms with Crippen LogP contribution in [0.25, 0.3) is 0 Å². The topological polar surface area (TPSA) is 105 Å². The summed E-state index contributed by atoms with van der Waals surface area (Å²) < 4.78 is 27.7. The number of ether oxygens (including phenoxy) is 3. The zero-order valence-electron chi connectivity index (χ0n) is 11.3. The second-order valence-corrected chi connectivity index (χ2v) is 3.74. The van der Waals surface area contributed by atoms with Crippen molar-refractivity contribution in [3.63, 3.8) is 0 Å². The molecule has 1 aromatic rings. The van der Waals surface area contributed by atoms with Gasteiger partial charge < -0.3 is 14.2 Å². The van der Waals surface area contributed by atoms with Gasteiger partial charge in [-0.3, -0.25) is 14.9 Å². The Morgan fingerprint density at radius 1 is 1.33 bits per heavy atom. The van der Waals surface area contributed by atoms with Crippen LogP contribution in [-0.4, -0.2) is 37.2 Å². The number of halogens is 1. The van der Waals surface area contributed by atoms with Crippen LogP contribution in [-0.2, 0) is 14.3 Å². The second-order valence-electron chi connectivity index (χ2n) is 3.74. The molecule has 0 aliphatic heterocycles. The number of nitro groups is 1. The fourth-order valence-electron chi connectivity index (χ4n) is 1.41. The van der Waals surface area contributed by atoms with Crippen LogP contribution in [0.2, 0.25) is 0 Å². The van der Waals surface area contributed by atoms with E-state index in [0.717, 1.165) is 13.2 Å². The van der Waals surface area contributed by atoms with Gasteiger partial charge in [-0.1, -0.05) is 0 Å². The second kappa shape index (κ2) is 7.17. The quantitative estimate of drug-likeness (QED) is 0.339. The van der Waals surface area contributed by atoms with Gasteiger partial charge in [-0.25, -0.2) is 4.79 Å². The van der Waals surface area contributed by atoms with Gasteiger partial charge in [0.15, 0.2) is 0 Å². The van der Waals surface area contributed by atoms with E-state index in [0.29, 0.717) is 6.07 Å². The number of rotatable bonds is 6. The van der Waals surface area contributed by atoms with Crippen LogP contribution in [0.3, 0.4) is 0 Å². The van der Waals surface area contributed by atoms with Gasteiger partial charge in [0.05, 0.1) is 12.0 Å². The largest absolute Gasteiger partial charge is 0.489 e. The maximum Gasteiger partial charge on any atom is 0.341 e. The first-order chi connectivity index (χ1) is 9.86. The van der Waals surface area contributed by atoms with Gasteiger partial charge in [0.1, 0.15) is 24.5 Å². The molecule has 114 valence electrons. The minimum atomic E-state index is -1.16. The highest BCUT2D eigenvalue weighted by molar-refractivity contribution is 5.93. The highest BCUT2D eigenvalue weighted by Gasteiger charge is 2.23. The van der Waals surface area contributed by atoms with E-state index in [9.17, 15) is 24.1 Å². The molecule has 0 fully saturated rings. The number of benzene rings is 1. The maximum atomic E-state index is 13.5. The normalized spacial score (nSPS) is 9.86. The van der Waals surface area contributed by atoms with Crippen LogP contribution >= 0.6 is 0 Å². The van der Waals surface area contributed by atoms with E-state index in [1.165, 1.54) is 6.92 Å². The number of carbonyl (C=O) groups excluding carboxylic acids is 2. The van der Waals surface area contributed by atoms with Crippen LogP contribution in [0.5, 0.6) is 5.75 Å². The Kier molecular flexibility index (Phi) is 5.58. The minimum absolute atomic E-state index is 0.117. The monoisotopic (exact) mass is 301 g/mol. The molecule has 9 heteroatoms. The Bertz CT molecular complexity index is 573. The zero-order valence-corrected chi connectivity index (χ0v) is 11.3. The lowest BCUT2D eigenvalue weighted by molar-refractivity contribution is -0.387. The van der Waals surface area contributed by atoms with Gasteiger partial charge >= 0.3 is 17.6 Å². The molecule has 0 unspecified atom stereocenters. The molecule has 0 aliphatic carbocycles. The van der Waals surface area contributed by atoms with Crippen molar-refractivity contribution in [3.05, 3.63) is 33.6 Å². The summed E-state index contributed by atoms with van der Waals surface area (Å²) in [5.74, 6) is -2.84. The SMILES string of the molecule is COC(=O)c1cc([N+](=O)[O-])c(F)cc1OCCOC(C)=O. The van der Waals surface area contributed by atoms with E-state index in [1.54, 1.807) is 0 Å². The summed E-state index contributed by atoms with van der Waals surface area (Å²) in [4.78, 5) is 31.8. The average Bonchev–Trinajstić information content (AvgIpc) is 2.42. The Morgan fingerprint density at radius 2 is 2.00 bits per heavy atom. The molecule has 0 aromatic heterocycles. The van der Waals surface area contributed by atoms with Crippen molar-refractivity contribution in [3.8, 4) is 5.75 Å². The smallest absolute Gasteiger partial charge is 0.341 e. The van der Waals surface area contributed by atoms with Gasteiger partial charge in [-0.2, -0.15) is 4.39 Å². The van der Waals surface area contributed by atoms with Crippen LogP contribution in [0.15, 0.2) is 12.1 Å². The Hall–Kier alpha value is -2.71. The molecular weight excluding hydrogens is 289 g/mol. The Labute approximate surface area is 118 Å². The number of carbonyl (C=O) groups is 2. The van der Waals surface area contributed by atoms with E-state index in [1.807, 2.05) is 0 Å². The van der Waals surface area contributed by atoms with Crippen molar-refractivity contribution < 1.29 is 33.1 Å². The van der Waals surface area contributed by atoms with Crippen molar-refractivity contribution >= 4 is 17.6 Å². The molecule has 0 amide bonds. The number of nitro benzene ring substituents is 1. The van der Waals surface area contributed by atoms with E-state index in [-0.39, 0.29) is 24.5 Å². The molecule has 0 atom stereocenters. The van der Waals surface area contributed by atoms with Gasteiger partial charge in [-0.15, -0.1) is 0 Å². The average molecular weight is 301 g/mol. The molecule has 0 saturated carbocycles. The summed E-state index contributed by atoms with van der Waals surface area (Å²) in [6, 6.07) is 1.43. The van der Waals surface area contributed by atoms with Gasteiger partial charge in [0, 0.05) is 19.1 Å². The molecule has 1 rings (SSSR count). The molecule has 0 N–H and O–H groups in total. The van der Waals surface area contributed by atoms with E-state index >= 15 is 0 Å². The summed E-state index contributed by atoms with van der Waals surface area (Å²) in [6.07, 6.45) is 0. The first-order valence-electron chi connectivity index (χ1n) is 5.69. The van der Waals surface area contributed by atoms with Crippen LogP contribution in [0, 0.1) is 15.9 Å². The zero-order chi connectivity index (χ0) is 16.0. The fraction of sp³-hybridized carbons (Fsp3) is 0.333. The first-order valence-corrected chi connectivity index (χ1v) is 5.69. The molecule has 8 nitrogen and oxygen atoms in total. The number of methoxy groups -OCH3 is 1. The Morgan fingerprint density at radius 3 is 2.52 bits per heavy atom. The lowest BCUT2D eigenvalue weighted by Crippen LogP contribution is -2.13. The van der Waals surface area contributed by atoms with Crippen LogP contribution in [0.4, 0.5) is 10.1 Å². The molecule has 0 bridgehead atoms. The third-order valence-electron chi connectivity index (χ3n) is 2.30. The standard InChI is InChI=1S/C12H12FNO7/c1-7(15)20-3-4-21-11-6-9(13)10(14(17)18)5-8(11)12(16)19-2/h5-6H,3-4H2,1-2H3. The van der Waals surface area contributed by atoms with E-state index in [4.69, 9.17) is 4.74 Å². The molecule has 1 aromatic carbocycles. The molecule has 0 radical (unpaired) electrons. The van der Waals surface area contributed by atoms with Crippen molar-refractivity contribution in [2.45, 2.75) is 6.92 Å². The number of hydrogen-bond donors (Lipinski definition) is 0. The van der Waals surface area contributed by atoms with Crippen molar-refractivity contribution in [1.29, 1.82) is 0 Å². The van der Waals surface area contributed by atoms with Gasteiger partial charge in [0.25, 0.3) is 0 Å². The number of hydrogen-bond acceptors (Lipinski definition) is 7. The molecule has 0 heterocycles. The molecular formula is C12H12FNO7. The molecule has 0 spiro atoms. The predicted octanol–water partition coefficient (Wildman–Crippen LogP) is 1.46. The third kappa shape index (κ3) is 4.41. The van der Waals surface area contributed by atoms with Gasteiger partial charge in [-0.05, 0) is 0 Å². The highest BCUT2D eigenvalue weighted by atomic mass is 19.1. The van der Waals surface area contributed by atoms with E-state index in [2.05, 4.69) is 9.47 Å². The minimum Gasteiger partial charge on any atom is -0.489 e. The summed E-state index contributed by atoms with van der Waals surface area (Å²) in [6.45, 7) is 0.931. The van der Waals surface area contributed by atoms with Crippen molar-refractivity contribution in [1.82, 2.24) is 0 Å².